The molecule has 2 rings (SSSR count). The molecule has 6 heteroatoms. The molecule has 0 radical (unpaired) electrons. The van der Waals surface area contributed by atoms with Crippen molar-refractivity contribution in [2.24, 2.45) is 5.41 Å². The minimum Gasteiger partial charge on any atom is -0.316 e. The van der Waals surface area contributed by atoms with Gasteiger partial charge in [-0.25, -0.2) is 13.8 Å². The highest BCUT2D eigenvalue weighted by atomic mass is 32.1. The van der Waals surface area contributed by atoms with Gasteiger partial charge in [-0.05, 0) is 26.7 Å². The van der Waals surface area contributed by atoms with Crippen LogP contribution >= 0.6 is 11.3 Å². The van der Waals surface area contributed by atoms with Crippen LogP contribution in [0.2, 0.25) is 0 Å². The minimum atomic E-state index is -2.59. The van der Waals surface area contributed by atoms with Gasteiger partial charge in [-0.1, -0.05) is 20.4 Å². The molecule has 1 atom stereocenters. The fourth-order valence-electron chi connectivity index (χ4n) is 3.27. The topological polar surface area (TPSA) is 33.2 Å². The van der Waals surface area contributed by atoms with Crippen molar-refractivity contribution in [1.82, 2.24) is 9.88 Å². The number of allylic oxidation sites excluding steroid dienone is 1. The second kappa shape index (κ2) is 7.14. The van der Waals surface area contributed by atoms with Gasteiger partial charge in [-0.3, -0.25) is 4.79 Å². The maximum absolute atomic E-state index is 13.5. The fraction of sp³-hybridized carbons (Fsp3) is 0.684. The normalized spacial score (nSPS) is 20.1. The number of aryl methyl sites for hydroxylation is 2. The predicted octanol–water partition coefficient (Wildman–Crippen LogP) is 5.44. The number of thiazole rings is 1. The molecule has 0 aromatic carbocycles. The first-order chi connectivity index (χ1) is 11.4. The summed E-state index contributed by atoms with van der Waals surface area (Å²) >= 11 is 1.64. The highest BCUT2D eigenvalue weighted by molar-refractivity contribution is 7.11. The van der Waals surface area contributed by atoms with Gasteiger partial charge in [0.15, 0.2) is 0 Å². The molecular formula is C19H28F2N2OS. The Kier molecular flexibility index (Phi) is 5.71. The molecule has 25 heavy (non-hydrogen) atoms. The van der Waals surface area contributed by atoms with E-state index < -0.39 is 11.3 Å². The summed E-state index contributed by atoms with van der Waals surface area (Å²) in [6.45, 7) is 14.1. The molecule has 0 bridgehead atoms. The van der Waals surface area contributed by atoms with E-state index in [9.17, 15) is 13.6 Å². The van der Waals surface area contributed by atoms with Crippen molar-refractivity contribution in [3.63, 3.8) is 0 Å². The molecule has 1 fully saturated rings. The van der Waals surface area contributed by atoms with Crippen LogP contribution < -0.4 is 0 Å². The highest BCUT2D eigenvalue weighted by Crippen LogP contribution is 2.48. The van der Waals surface area contributed by atoms with Gasteiger partial charge in [0.25, 0.3) is 0 Å². The number of carbonyl (C=O) groups excluding carboxylic acids is 1. The van der Waals surface area contributed by atoms with E-state index in [1.165, 1.54) is 11.8 Å². The SMILES string of the molecule is C=C(N(CC(C)c1nc(C)c(C)s1)C(C)=O)C1(C)CCC(F)(F)CC1. The lowest BCUT2D eigenvalue weighted by atomic mass is 9.72. The van der Waals surface area contributed by atoms with E-state index in [4.69, 9.17) is 0 Å². The van der Waals surface area contributed by atoms with E-state index in [0.717, 1.165) is 10.7 Å². The number of halogens is 2. The van der Waals surface area contributed by atoms with Crippen molar-refractivity contribution in [2.75, 3.05) is 6.54 Å². The van der Waals surface area contributed by atoms with Gasteiger partial charge < -0.3 is 4.90 Å². The third-order valence-corrected chi connectivity index (χ3v) is 6.72. The Morgan fingerprint density at radius 1 is 1.32 bits per heavy atom. The lowest BCUT2D eigenvalue weighted by molar-refractivity contribution is -0.128. The molecule has 140 valence electrons. The Bertz CT molecular complexity index is 639. The maximum Gasteiger partial charge on any atom is 0.248 e. The fourth-order valence-corrected chi connectivity index (χ4v) is 4.24. The Hall–Kier alpha value is -1.30. The summed E-state index contributed by atoms with van der Waals surface area (Å²) in [5, 5.41) is 0.995. The van der Waals surface area contributed by atoms with Crippen LogP contribution in [0.15, 0.2) is 12.3 Å². The standard InChI is InChI=1S/C19H28F2N2OS/c1-12(17-22-13(2)14(3)25-17)11-23(16(5)24)15(4)18(6)7-9-19(20,21)10-8-18/h12H,4,7-11H2,1-3,5-6H3. The number of nitrogens with zero attached hydrogens (tertiary/aromatic N) is 2. The molecule has 0 saturated heterocycles. The zero-order valence-electron chi connectivity index (χ0n) is 15.8. The molecule has 0 spiro atoms. The first-order valence-electron chi connectivity index (χ1n) is 8.74. The molecule has 0 N–H and O–H groups in total. The summed E-state index contributed by atoms with van der Waals surface area (Å²) in [7, 11) is 0. The lowest BCUT2D eigenvalue weighted by Gasteiger charge is -2.42. The van der Waals surface area contributed by atoms with Crippen LogP contribution in [0.1, 0.15) is 68.0 Å². The van der Waals surface area contributed by atoms with Gasteiger partial charge in [0.1, 0.15) is 0 Å². The molecule has 1 aromatic rings. The largest absolute Gasteiger partial charge is 0.316 e. The molecule has 1 amide bonds. The smallest absolute Gasteiger partial charge is 0.248 e. The summed E-state index contributed by atoms with van der Waals surface area (Å²) in [5.74, 6) is -2.61. The summed E-state index contributed by atoms with van der Waals surface area (Å²) in [4.78, 5) is 19.7. The van der Waals surface area contributed by atoms with Crippen LogP contribution in [-0.4, -0.2) is 28.3 Å². The average molecular weight is 371 g/mol. The maximum atomic E-state index is 13.5. The van der Waals surface area contributed by atoms with Crippen molar-refractivity contribution in [1.29, 1.82) is 0 Å². The zero-order chi connectivity index (χ0) is 19.0. The van der Waals surface area contributed by atoms with E-state index in [0.29, 0.717) is 25.1 Å². The molecule has 1 aromatic heterocycles. The second-order valence-electron chi connectivity index (χ2n) is 7.59. The summed E-state index contributed by atoms with van der Waals surface area (Å²) in [5.41, 5.74) is 1.22. The monoisotopic (exact) mass is 370 g/mol. The van der Waals surface area contributed by atoms with Crippen LogP contribution in [0.4, 0.5) is 8.78 Å². The number of hydrogen-bond acceptors (Lipinski definition) is 3. The Morgan fingerprint density at radius 3 is 2.32 bits per heavy atom. The second-order valence-corrected chi connectivity index (χ2v) is 8.82. The van der Waals surface area contributed by atoms with E-state index in [1.807, 2.05) is 27.7 Å². The van der Waals surface area contributed by atoms with E-state index in [1.54, 1.807) is 16.2 Å². The first kappa shape index (κ1) is 20.0. The molecular weight excluding hydrogens is 342 g/mol. The summed E-state index contributed by atoms with van der Waals surface area (Å²) in [6, 6.07) is 0. The quantitative estimate of drug-likeness (QED) is 0.691. The molecule has 1 heterocycles. The van der Waals surface area contributed by atoms with Crippen molar-refractivity contribution in [3.05, 3.63) is 27.9 Å². The Balaban J connectivity index is 2.14. The predicted molar refractivity (Wildman–Crippen MR) is 98.1 cm³/mol. The van der Waals surface area contributed by atoms with E-state index >= 15 is 0 Å². The molecule has 1 aliphatic carbocycles. The first-order valence-corrected chi connectivity index (χ1v) is 9.56. The highest BCUT2D eigenvalue weighted by Gasteiger charge is 2.44. The molecule has 1 unspecified atom stereocenters. The van der Waals surface area contributed by atoms with Crippen molar-refractivity contribution in [2.45, 2.75) is 72.1 Å². The van der Waals surface area contributed by atoms with Crippen LogP contribution in [0, 0.1) is 19.3 Å². The van der Waals surface area contributed by atoms with Crippen LogP contribution in [0.25, 0.3) is 0 Å². The number of carbonyl (C=O) groups is 1. The number of aromatic nitrogens is 1. The molecule has 1 aliphatic rings. The third-order valence-electron chi connectivity index (χ3n) is 5.41. The molecule has 0 aliphatic heterocycles. The van der Waals surface area contributed by atoms with E-state index in [-0.39, 0.29) is 24.7 Å². The van der Waals surface area contributed by atoms with Gasteiger partial charge in [-0.15, -0.1) is 11.3 Å². The lowest BCUT2D eigenvalue weighted by Crippen LogP contribution is -2.41. The summed E-state index contributed by atoms with van der Waals surface area (Å²) < 4.78 is 27.1. The molecule has 1 saturated carbocycles. The number of amides is 1. The average Bonchev–Trinajstić information content (AvgIpc) is 2.86. The van der Waals surface area contributed by atoms with Crippen molar-refractivity contribution in [3.8, 4) is 0 Å². The van der Waals surface area contributed by atoms with Crippen molar-refractivity contribution < 1.29 is 13.6 Å². The number of alkyl halides is 2. The Morgan fingerprint density at radius 2 is 1.88 bits per heavy atom. The zero-order valence-corrected chi connectivity index (χ0v) is 16.6. The third kappa shape index (κ3) is 4.46. The van der Waals surface area contributed by atoms with Crippen LogP contribution in [0.3, 0.4) is 0 Å². The van der Waals surface area contributed by atoms with Gasteiger partial charge in [0.2, 0.25) is 11.8 Å². The minimum absolute atomic E-state index is 0.0756. The molecule has 3 nitrogen and oxygen atoms in total. The number of hydrogen-bond donors (Lipinski definition) is 0. The number of rotatable bonds is 5. The van der Waals surface area contributed by atoms with Crippen LogP contribution in [0.5, 0.6) is 0 Å². The van der Waals surface area contributed by atoms with Gasteiger partial charge in [-0.2, -0.15) is 0 Å². The summed E-state index contributed by atoms with van der Waals surface area (Å²) in [6.07, 6.45) is 0.419. The van der Waals surface area contributed by atoms with Gasteiger partial charge in [0.05, 0.1) is 10.7 Å². The van der Waals surface area contributed by atoms with Gasteiger partial charge >= 0.3 is 0 Å². The van der Waals surface area contributed by atoms with Crippen molar-refractivity contribution >= 4 is 17.2 Å². The van der Waals surface area contributed by atoms with Crippen LogP contribution in [-0.2, 0) is 4.79 Å². The van der Waals surface area contributed by atoms with E-state index in [2.05, 4.69) is 11.6 Å². The van der Waals surface area contributed by atoms with Gasteiger partial charge in [0, 0.05) is 48.2 Å². The Labute approximate surface area is 153 Å².